The molecule has 0 aliphatic carbocycles. The maximum Gasteiger partial charge on any atom is 0.472 e. The van der Waals surface area contributed by atoms with Gasteiger partial charge in [0.2, 0.25) is 0 Å². The van der Waals surface area contributed by atoms with Crippen LogP contribution in [0.25, 0.3) is 0 Å². The molecule has 0 aliphatic heterocycles. The average Bonchev–Trinajstić information content (AvgIpc) is 0.941. The molecule has 678 valence electrons. The van der Waals surface area contributed by atoms with E-state index < -0.39 is 91.5 Å². The fourth-order valence-corrected chi connectivity index (χ4v) is 13.9. The Kier molecular flexibility index (Phi) is 87.3. The van der Waals surface area contributed by atoms with Crippen molar-refractivity contribution in [3.63, 3.8) is 0 Å². The molecule has 0 saturated carbocycles. The molecule has 0 fully saturated rings. The van der Waals surface area contributed by atoms with Gasteiger partial charge >= 0.3 is 33.6 Å². The zero-order valence-corrected chi connectivity index (χ0v) is 76.5. The van der Waals surface area contributed by atoms with Crippen LogP contribution in [0, 0.1) is 0 Å². The van der Waals surface area contributed by atoms with Crippen molar-refractivity contribution in [1.29, 1.82) is 0 Å². The lowest BCUT2D eigenvalue weighted by Crippen LogP contribution is -2.30. The first-order valence-corrected chi connectivity index (χ1v) is 49.7. The molecule has 119 heavy (non-hydrogen) atoms. The second-order valence-electron chi connectivity index (χ2n) is 30.7. The van der Waals surface area contributed by atoms with Gasteiger partial charge in [-0.05, 0) is 161 Å². The van der Waals surface area contributed by atoms with Crippen LogP contribution in [0.5, 0.6) is 0 Å². The van der Waals surface area contributed by atoms with E-state index in [4.69, 9.17) is 32.3 Å². The van der Waals surface area contributed by atoms with Crippen LogP contribution in [0.15, 0.2) is 194 Å². The summed E-state index contributed by atoms with van der Waals surface area (Å²) in [6.07, 6.45) is 122. The van der Waals surface area contributed by atoms with Crippen molar-refractivity contribution in [1.82, 2.24) is 0 Å². The third kappa shape index (κ3) is 92.9. The summed E-state index contributed by atoms with van der Waals surface area (Å²) in [4.78, 5) is 59.0. The third-order valence-electron chi connectivity index (χ3n) is 19.3. The number of rotatable bonds is 87. The number of aliphatic hydroxyl groups excluding tert-OH is 2. The number of hydrogen-bond acceptors (Lipinski definition) is 14. The summed E-state index contributed by atoms with van der Waals surface area (Å²) in [6.45, 7) is 2.33. The Morgan fingerprint density at radius 3 is 0.672 bits per heavy atom. The zero-order chi connectivity index (χ0) is 86.5. The van der Waals surface area contributed by atoms with Crippen LogP contribution in [-0.2, 0) is 55.8 Å². The number of ether oxygens (including phenoxy) is 3. The van der Waals surface area contributed by atoms with Crippen LogP contribution >= 0.6 is 15.6 Å². The van der Waals surface area contributed by atoms with Gasteiger partial charge in [-0.15, -0.1) is 0 Å². The molecule has 0 rings (SSSR count). The third-order valence-corrected chi connectivity index (χ3v) is 21.2. The summed E-state index contributed by atoms with van der Waals surface area (Å²) in [7, 11) is -9.83. The van der Waals surface area contributed by atoms with Gasteiger partial charge in [-0.1, -0.05) is 382 Å². The van der Waals surface area contributed by atoms with Crippen molar-refractivity contribution in [2.75, 3.05) is 39.6 Å². The van der Waals surface area contributed by atoms with Gasteiger partial charge in [-0.25, -0.2) is 9.13 Å². The first-order chi connectivity index (χ1) is 58.2. The summed E-state index contributed by atoms with van der Waals surface area (Å²) in [5.74, 6) is -1.61. The standard InChI is InChI=1S/C101H168O16P2/c1-4-7-10-13-16-19-22-25-28-31-34-36-38-40-42-44-46-47-49-51-52-54-56-58-61-63-66-69-72-75-78-81-84-87-99(104)111-90-96(102)91-113-118(107,108)114-92-97(103)93-115-119(109,110)116-95-98(117-101(106)89-86-83-80-77-74-71-68-65-60-33-30-27-24-21-18-15-12-9-6-3)94-112-100(105)88-85-82-79-76-73-70-67-64-62-59-57-55-53-50-48-45-43-41-39-37-35-32-29-26-23-20-17-14-11-8-5-2/h7-12,16-21,25-30,34-37,40-43,46-47,60,65,71,74,96-98,102-103H,4-6,13-15,22-24,31-33,38-39,44-45,48-59,61-64,66-70,72-73,75-95H2,1-3H3,(H,107,108)(H,109,110)/b10-7-,11-8-,12-9-,19-16-,20-17-,21-18-,28-25-,29-26-,30-27-,36-34-,37-35-,42-40-,43-41-,47-46-,65-60-,74-71-. The average molecular weight is 1700 g/mol. The van der Waals surface area contributed by atoms with E-state index >= 15 is 0 Å². The predicted molar refractivity (Wildman–Crippen MR) is 500 cm³/mol. The molecular weight excluding hydrogens is 1530 g/mol. The van der Waals surface area contributed by atoms with Gasteiger partial charge < -0.3 is 34.2 Å². The molecule has 0 aromatic rings. The number of allylic oxidation sites excluding steroid dienone is 32. The molecule has 4 N–H and O–H groups in total. The molecule has 0 aliphatic rings. The summed E-state index contributed by atoms with van der Waals surface area (Å²) in [5, 5.41) is 20.7. The lowest BCUT2D eigenvalue weighted by Gasteiger charge is -2.21. The van der Waals surface area contributed by atoms with Crippen LogP contribution in [-0.4, -0.2) is 95.9 Å². The Bertz CT molecular complexity index is 2940. The minimum Gasteiger partial charge on any atom is -0.463 e. The number of carbonyl (C=O) groups excluding carboxylic acids is 3. The monoisotopic (exact) mass is 1700 g/mol. The van der Waals surface area contributed by atoms with Crippen molar-refractivity contribution < 1.29 is 75.8 Å². The molecule has 18 heteroatoms. The van der Waals surface area contributed by atoms with Crippen LogP contribution in [0.2, 0.25) is 0 Å². The van der Waals surface area contributed by atoms with E-state index in [0.717, 1.165) is 173 Å². The Balaban J connectivity index is 4.56. The van der Waals surface area contributed by atoms with E-state index in [1.54, 1.807) is 0 Å². The van der Waals surface area contributed by atoms with E-state index in [2.05, 4.69) is 215 Å². The molecule has 0 spiro atoms. The maximum atomic E-state index is 13.0. The fourth-order valence-electron chi connectivity index (χ4n) is 12.3. The first kappa shape index (κ1) is 113. The molecule has 0 aromatic heterocycles. The second-order valence-corrected chi connectivity index (χ2v) is 33.6. The van der Waals surface area contributed by atoms with Gasteiger partial charge in [0.05, 0.1) is 26.4 Å². The molecule has 0 bridgehead atoms. The quantitative estimate of drug-likeness (QED) is 0.0146. The van der Waals surface area contributed by atoms with E-state index in [1.165, 1.54) is 135 Å². The fraction of sp³-hybridized carbons (Fsp3) is 0.653. The predicted octanol–water partition coefficient (Wildman–Crippen LogP) is 29.0. The number of hydrogen-bond donors (Lipinski definition) is 4. The van der Waals surface area contributed by atoms with E-state index in [-0.39, 0.29) is 19.3 Å². The van der Waals surface area contributed by atoms with Gasteiger partial charge in [0.25, 0.3) is 0 Å². The van der Waals surface area contributed by atoms with E-state index in [0.29, 0.717) is 19.3 Å². The molecule has 0 heterocycles. The Hall–Kier alpha value is -5.61. The number of phosphoric ester groups is 2. The highest BCUT2D eigenvalue weighted by Crippen LogP contribution is 2.45. The minimum atomic E-state index is -4.95. The van der Waals surface area contributed by atoms with Crippen molar-refractivity contribution in [2.45, 2.75) is 386 Å². The van der Waals surface area contributed by atoms with Gasteiger partial charge in [-0.3, -0.25) is 32.5 Å². The number of esters is 3. The first-order valence-electron chi connectivity index (χ1n) is 46.7. The minimum absolute atomic E-state index is 0.0608. The van der Waals surface area contributed by atoms with Gasteiger partial charge in [0, 0.05) is 19.3 Å². The Labute approximate surface area is 725 Å². The lowest BCUT2D eigenvalue weighted by atomic mass is 10.0. The van der Waals surface area contributed by atoms with E-state index in [1.807, 2.05) is 0 Å². The summed E-state index contributed by atoms with van der Waals surface area (Å²) in [6, 6.07) is 0. The maximum absolute atomic E-state index is 13.0. The van der Waals surface area contributed by atoms with E-state index in [9.17, 15) is 43.5 Å². The Morgan fingerprint density at radius 2 is 0.420 bits per heavy atom. The summed E-state index contributed by atoms with van der Waals surface area (Å²) >= 11 is 0. The number of carbonyl (C=O) groups is 3. The van der Waals surface area contributed by atoms with Crippen molar-refractivity contribution in [3.8, 4) is 0 Å². The number of phosphoric acid groups is 2. The molecule has 0 amide bonds. The van der Waals surface area contributed by atoms with Crippen LogP contribution in [0.4, 0.5) is 0 Å². The topological polar surface area (TPSA) is 231 Å². The highest BCUT2D eigenvalue weighted by molar-refractivity contribution is 7.47. The van der Waals surface area contributed by atoms with Crippen molar-refractivity contribution in [3.05, 3.63) is 194 Å². The molecule has 5 atom stereocenters. The molecular formula is C101H168O16P2. The highest BCUT2D eigenvalue weighted by Gasteiger charge is 2.29. The molecule has 0 aromatic carbocycles. The largest absolute Gasteiger partial charge is 0.472 e. The zero-order valence-electron chi connectivity index (χ0n) is 74.7. The van der Waals surface area contributed by atoms with Crippen molar-refractivity contribution in [2.24, 2.45) is 0 Å². The van der Waals surface area contributed by atoms with Crippen molar-refractivity contribution >= 4 is 33.6 Å². The van der Waals surface area contributed by atoms with Gasteiger partial charge in [0.1, 0.15) is 25.4 Å². The Morgan fingerprint density at radius 1 is 0.235 bits per heavy atom. The van der Waals surface area contributed by atoms with Gasteiger partial charge in [0.15, 0.2) is 6.10 Å². The van der Waals surface area contributed by atoms with Crippen LogP contribution in [0.3, 0.4) is 0 Å². The molecule has 16 nitrogen and oxygen atoms in total. The SMILES string of the molecule is CC/C=C\C/C=C\C/C=C\C/C=C\C/C=C\C/C=C\CCCCCCCCCCCCCCCCC(=O)OCC(O)COP(=O)(O)OCC(O)COP(=O)(O)OCC(COC(=O)CCCCCCCCCCCCCCCCC/C=C\C/C=C\C/C=C\C/C=C\C/C=C\CC)OC(=O)CCCCC/C=C\C/C=C\C/C=C\C/C=C\C/C=C\CC. The molecule has 5 unspecified atom stereocenters. The molecule has 0 radical (unpaired) electrons. The van der Waals surface area contributed by atoms with Gasteiger partial charge in [-0.2, -0.15) is 0 Å². The second kappa shape index (κ2) is 91.6. The lowest BCUT2D eigenvalue weighted by molar-refractivity contribution is -0.161. The molecule has 0 saturated heterocycles. The smallest absolute Gasteiger partial charge is 0.463 e. The normalized spacial score (nSPS) is 14.6. The number of unbranched alkanes of at least 4 members (excludes halogenated alkanes) is 32. The number of aliphatic hydroxyl groups is 2. The highest BCUT2D eigenvalue weighted by atomic mass is 31.2. The van der Waals surface area contributed by atoms with Crippen LogP contribution in [0.1, 0.15) is 367 Å². The summed E-state index contributed by atoms with van der Waals surface area (Å²) < 4.78 is 61.4. The van der Waals surface area contributed by atoms with Crippen LogP contribution < -0.4 is 0 Å². The summed E-state index contributed by atoms with van der Waals surface area (Å²) in [5.41, 5.74) is 0.